The van der Waals surface area contributed by atoms with Crippen molar-refractivity contribution in [1.82, 2.24) is 4.90 Å². The summed E-state index contributed by atoms with van der Waals surface area (Å²) in [5.74, 6) is 0.604. The van der Waals surface area contributed by atoms with Gasteiger partial charge in [0.2, 0.25) is 0 Å². The summed E-state index contributed by atoms with van der Waals surface area (Å²) in [4.78, 5) is 17.0. The molecule has 2 fully saturated rings. The maximum absolute atomic E-state index is 12.2. The molecule has 132 valence electrons. The fraction of sp³-hybridized carbons (Fsp3) is 0.632. The molecule has 1 aromatic rings. The molecular formula is C19H29N3O2. The van der Waals surface area contributed by atoms with Crippen LogP contribution in [-0.4, -0.2) is 56.7 Å². The van der Waals surface area contributed by atoms with Crippen LogP contribution in [0.25, 0.3) is 0 Å². The van der Waals surface area contributed by atoms with E-state index in [0.29, 0.717) is 12.5 Å². The molecule has 24 heavy (non-hydrogen) atoms. The molecule has 0 aromatic heterocycles. The Morgan fingerprint density at radius 1 is 1.29 bits per heavy atom. The predicted molar refractivity (Wildman–Crippen MR) is 97.7 cm³/mol. The Morgan fingerprint density at radius 2 is 2.00 bits per heavy atom. The van der Waals surface area contributed by atoms with Crippen LogP contribution in [0.1, 0.15) is 25.3 Å². The van der Waals surface area contributed by atoms with Crippen molar-refractivity contribution >= 4 is 17.3 Å². The first-order valence-corrected chi connectivity index (χ1v) is 8.99. The van der Waals surface area contributed by atoms with Crippen LogP contribution in [0.5, 0.6) is 0 Å². The number of benzene rings is 1. The Balaban J connectivity index is 1.56. The van der Waals surface area contributed by atoms with Gasteiger partial charge in [-0.1, -0.05) is 0 Å². The summed E-state index contributed by atoms with van der Waals surface area (Å²) in [5, 5.41) is 2.97. The first-order valence-electron chi connectivity index (χ1n) is 8.99. The van der Waals surface area contributed by atoms with E-state index >= 15 is 0 Å². The first-order chi connectivity index (χ1) is 11.5. The van der Waals surface area contributed by atoms with Crippen LogP contribution < -0.4 is 10.2 Å². The van der Waals surface area contributed by atoms with Gasteiger partial charge >= 0.3 is 0 Å². The molecule has 2 aliphatic rings. The highest BCUT2D eigenvalue weighted by molar-refractivity contribution is 5.94. The molecule has 1 amide bonds. The number of hydrogen-bond donors (Lipinski definition) is 1. The van der Waals surface area contributed by atoms with Gasteiger partial charge in [-0.15, -0.1) is 0 Å². The van der Waals surface area contributed by atoms with Crippen LogP contribution in [0, 0.1) is 12.8 Å². The van der Waals surface area contributed by atoms with E-state index in [-0.39, 0.29) is 5.91 Å². The molecule has 1 saturated heterocycles. The fourth-order valence-corrected chi connectivity index (χ4v) is 3.02. The topological polar surface area (TPSA) is 44.8 Å². The van der Waals surface area contributed by atoms with Gasteiger partial charge in [0, 0.05) is 37.6 Å². The van der Waals surface area contributed by atoms with E-state index in [0.717, 1.165) is 31.9 Å². The third-order valence-corrected chi connectivity index (χ3v) is 4.96. The van der Waals surface area contributed by atoms with E-state index in [1.54, 1.807) is 0 Å². The molecule has 3 rings (SSSR count). The molecule has 0 bridgehead atoms. The lowest BCUT2D eigenvalue weighted by atomic mass is 10.1. The number of carbonyl (C=O) groups excluding carboxylic acids is 1. The number of rotatable bonds is 6. The second kappa shape index (κ2) is 7.53. The third kappa shape index (κ3) is 4.48. The average Bonchev–Trinajstić information content (AvgIpc) is 3.38. The molecule has 5 nitrogen and oxygen atoms in total. The maximum atomic E-state index is 12.2. The number of aryl methyl sites for hydroxylation is 1. The van der Waals surface area contributed by atoms with Gasteiger partial charge in [0.25, 0.3) is 5.91 Å². The van der Waals surface area contributed by atoms with Crippen molar-refractivity contribution in [2.75, 3.05) is 50.1 Å². The molecule has 1 aliphatic carbocycles. The zero-order valence-electron chi connectivity index (χ0n) is 15.0. The van der Waals surface area contributed by atoms with Crippen molar-refractivity contribution < 1.29 is 9.53 Å². The molecular weight excluding hydrogens is 302 g/mol. The van der Waals surface area contributed by atoms with Crippen molar-refractivity contribution in [3.63, 3.8) is 0 Å². The lowest BCUT2D eigenvalue weighted by Crippen LogP contribution is -2.44. The summed E-state index contributed by atoms with van der Waals surface area (Å²) in [5.41, 5.74) is 3.31. The second-order valence-corrected chi connectivity index (χ2v) is 7.20. The standard InChI is InChI=1S/C19H29N3O2/c1-14-12-17(20-19(23)15(2)24-13-16-4-5-16)6-7-18(14)22-10-8-21(3)9-11-22/h6-7,12,15-16H,4-5,8-11,13H2,1-3H3,(H,20,23). The monoisotopic (exact) mass is 331 g/mol. The molecule has 1 heterocycles. The van der Waals surface area contributed by atoms with E-state index in [2.05, 4.69) is 41.2 Å². The minimum Gasteiger partial charge on any atom is -0.369 e. The quantitative estimate of drug-likeness (QED) is 0.870. The highest BCUT2D eigenvalue weighted by atomic mass is 16.5. The predicted octanol–water partition coefficient (Wildman–Crippen LogP) is 2.50. The molecule has 0 spiro atoms. The Labute approximate surface area is 145 Å². The third-order valence-electron chi connectivity index (χ3n) is 4.96. The zero-order chi connectivity index (χ0) is 17.1. The molecule has 5 heteroatoms. The summed E-state index contributed by atoms with van der Waals surface area (Å²) in [6, 6.07) is 6.16. The van der Waals surface area contributed by atoms with Crippen LogP contribution in [0.15, 0.2) is 18.2 Å². The van der Waals surface area contributed by atoms with Gasteiger partial charge in [-0.25, -0.2) is 0 Å². The van der Waals surface area contributed by atoms with Crippen molar-refractivity contribution in [3.05, 3.63) is 23.8 Å². The summed E-state index contributed by atoms with van der Waals surface area (Å²) in [6.07, 6.45) is 2.07. The SMILES string of the molecule is Cc1cc(NC(=O)C(C)OCC2CC2)ccc1N1CCN(C)CC1. The number of hydrogen-bond acceptors (Lipinski definition) is 4. The highest BCUT2D eigenvalue weighted by Gasteiger charge is 2.24. The van der Waals surface area contributed by atoms with Gasteiger partial charge in [-0.05, 0) is 63.4 Å². The number of nitrogens with one attached hydrogen (secondary N) is 1. The lowest BCUT2D eigenvalue weighted by molar-refractivity contribution is -0.126. The van der Waals surface area contributed by atoms with Gasteiger partial charge in [-0.2, -0.15) is 0 Å². The number of carbonyl (C=O) groups is 1. The maximum Gasteiger partial charge on any atom is 0.253 e. The molecule has 1 aliphatic heterocycles. The van der Waals surface area contributed by atoms with Crippen molar-refractivity contribution in [3.8, 4) is 0 Å². The highest BCUT2D eigenvalue weighted by Crippen LogP contribution is 2.29. The first kappa shape index (κ1) is 17.2. The normalized spacial score (nSPS) is 20.0. The number of amides is 1. The van der Waals surface area contributed by atoms with Gasteiger partial charge in [0.15, 0.2) is 0 Å². The zero-order valence-corrected chi connectivity index (χ0v) is 15.0. The average molecular weight is 331 g/mol. The van der Waals surface area contributed by atoms with Crippen molar-refractivity contribution in [1.29, 1.82) is 0 Å². The van der Waals surface area contributed by atoms with E-state index in [1.165, 1.54) is 24.1 Å². The van der Waals surface area contributed by atoms with Crippen LogP contribution in [0.4, 0.5) is 11.4 Å². The van der Waals surface area contributed by atoms with E-state index in [4.69, 9.17) is 4.74 Å². The van der Waals surface area contributed by atoms with Crippen molar-refractivity contribution in [2.24, 2.45) is 5.92 Å². The molecule has 1 saturated carbocycles. The smallest absolute Gasteiger partial charge is 0.253 e. The minimum atomic E-state index is -0.400. The second-order valence-electron chi connectivity index (χ2n) is 7.20. The van der Waals surface area contributed by atoms with Crippen LogP contribution in [0.2, 0.25) is 0 Å². The van der Waals surface area contributed by atoms with Crippen LogP contribution in [0.3, 0.4) is 0 Å². The fourth-order valence-electron chi connectivity index (χ4n) is 3.02. The van der Waals surface area contributed by atoms with E-state index < -0.39 is 6.10 Å². The summed E-state index contributed by atoms with van der Waals surface area (Å²) < 4.78 is 5.63. The largest absolute Gasteiger partial charge is 0.369 e. The summed E-state index contributed by atoms with van der Waals surface area (Å²) in [7, 11) is 2.16. The number of ether oxygens (including phenoxy) is 1. The Hall–Kier alpha value is -1.59. The number of likely N-dealkylation sites (N-methyl/N-ethyl adjacent to an activating group) is 1. The molecule has 0 radical (unpaired) electrons. The summed E-state index contributed by atoms with van der Waals surface area (Å²) in [6.45, 7) is 8.92. The Morgan fingerprint density at radius 3 is 2.62 bits per heavy atom. The molecule has 1 atom stereocenters. The Bertz CT molecular complexity index is 578. The lowest BCUT2D eigenvalue weighted by Gasteiger charge is -2.35. The molecule has 1 unspecified atom stereocenters. The van der Waals surface area contributed by atoms with Crippen LogP contribution >= 0.6 is 0 Å². The molecule has 1 aromatic carbocycles. The van der Waals surface area contributed by atoms with Crippen molar-refractivity contribution in [2.45, 2.75) is 32.8 Å². The van der Waals surface area contributed by atoms with E-state index in [9.17, 15) is 4.79 Å². The van der Waals surface area contributed by atoms with Crippen LogP contribution in [-0.2, 0) is 9.53 Å². The number of nitrogens with zero attached hydrogens (tertiary/aromatic N) is 2. The van der Waals surface area contributed by atoms with E-state index in [1.807, 2.05) is 13.0 Å². The Kier molecular flexibility index (Phi) is 5.41. The minimum absolute atomic E-state index is 0.0672. The van der Waals surface area contributed by atoms with Gasteiger partial charge in [-0.3, -0.25) is 4.79 Å². The number of piperazine rings is 1. The number of anilines is 2. The van der Waals surface area contributed by atoms with Gasteiger partial charge in [0.1, 0.15) is 6.10 Å². The van der Waals surface area contributed by atoms with Gasteiger partial charge in [0.05, 0.1) is 6.61 Å². The molecule has 1 N–H and O–H groups in total. The summed E-state index contributed by atoms with van der Waals surface area (Å²) >= 11 is 0. The van der Waals surface area contributed by atoms with Gasteiger partial charge < -0.3 is 19.9 Å².